The normalized spacial score (nSPS) is 36.2. The molecular formula is C7H12O2. The van der Waals surface area contributed by atoms with Crippen molar-refractivity contribution in [2.24, 2.45) is 0 Å². The molecule has 1 fully saturated rings. The summed E-state index contributed by atoms with van der Waals surface area (Å²) in [7, 11) is 0. The van der Waals surface area contributed by atoms with Crippen LogP contribution in [0.25, 0.3) is 0 Å². The van der Waals surface area contributed by atoms with Gasteiger partial charge in [0.25, 0.3) is 0 Å². The lowest BCUT2D eigenvalue weighted by atomic mass is 10.5. The SMILES string of the molecule is C/C=C/C1OC[C@H](C)O1. The first-order valence-electron chi connectivity index (χ1n) is 3.23. The molecule has 1 aliphatic rings. The summed E-state index contributed by atoms with van der Waals surface area (Å²) in [6.07, 6.45) is 4.00. The van der Waals surface area contributed by atoms with Crippen molar-refractivity contribution < 1.29 is 9.47 Å². The third-order valence-electron chi connectivity index (χ3n) is 1.21. The Morgan fingerprint density at radius 3 is 2.78 bits per heavy atom. The van der Waals surface area contributed by atoms with E-state index >= 15 is 0 Å². The molecule has 0 aliphatic carbocycles. The molecule has 0 radical (unpaired) electrons. The standard InChI is InChI=1S/C7H12O2/c1-3-4-7-8-5-6(2)9-7/h3-4,6-7H,5H2,1-2H3/b4-3+/t6-,7?/m0/s1. The Morgan fingerprint density at radius 2 is 2.33 bits per heavy atom. The summed E-state index contributed by atoms with van der Waals surface area (Å²) in [5, 5.41) is 0. The van der Waals surface area contributed by atoms with E-state index in [4.69, 9.17) is 9.47 Å². The van der Waals surface area contributed by atoms with Gasteiger partial charge in [-0.15, -0.1) is 0 Å². The van der Waals surface area contributed by atoms with Gasteiger partial charge >= 0.3 is 0 Å². The van der Waals surface area contributed by atoms with Crippen LogP contribution in [0.1, 0.15) is 13.8 Å². The topological polar surface area (TPSA) is 18.5 Å². The van der Waals surface area contributed by atoms with Crippen molar-refractivity contribution in [2.45, 2.75) is 26.2 Å². The molecule has 52 valence electrons. The van der Waals surface area contributed by atoms with Crippen LogP contribution < -0.4 is 0 Å². The molecule has 2 heteroatoms. The van der Waals surface area contributed by atoms with Crippen molar-refractivity contribution >= 4 is 0 Å². The molecular weight excluding hydrogens is 116 g/mol. The molecule has 0 N–H and O–H groups in total. The van der Waals surface area contributed by atoms with Crippen LogP contribution in [0.4, 0.5) is 0 Å². The molecule has 0 aromatic heterocycles. The van der Waals surface area contributed by atoms with Crippen LogP contribution in [0.5, 0.6) is 0 Å². The van der Waals surface area contributed by atoms with Gasteiger partial charge in [0.05, 0.1) is 12.7 Å². The minimum Gasteiger partial charge on any atom is -0.346 e. The lowest BCUT2D eigenvalue weighted by molar-refractivity contribution is -0.0161. The second-order valence-corrected chi connectivity index (χ2v) is 2.17. The van der Waals surface area contributed by atoms with Gasteiger partial charge in [-0.2, -0.15) is 0 Å². The van der Waals surface area contributed by atoms with Gasteiger partial charge < -0.3 is 9.47 Å². The number of allylic oxidation sites excluding steroid dienone is 1. The zero-order chi connectivity index (χ0) is 6.69. The molecule has 1 heterocycles. The molecule has 1 aliphatic heterocycles. The Kier molecular flexibility index (Phi) is 2.25. The molecule has 2 nitrogen and oxygen atoms in total. The highest BCUT2D eigenvalue weighted by molar-refractivity contribution is 4.83. The summed E-state index contributed by atoms with van der Waals surface area (Å²) in [6.45, 7) is 4.67. The maximum atomic E-state index is 5.29. The second kappa shape index (κ2) is 2.99. The van der Waals surface area contributed by atoms with Crippen LogP contribution in [0, 0.1) is 0 Å². The zero-order valence-corrected chi connectivity index (χ0v) is 5.83. The van der Waals surface area contributed by atoms with Gasteiger partial charge in [-0.1, -0.05) is 6.08 Å². The average molecular weight is 128 g/mol. The Balaban J connectivity index is 2.30. The van der Waals surface area contributed by atoms with Gasteiger partial charge in [0, 0.05) is 0 Å². The number of rotatable bonds is 1. The van der Waals surface area contributed by atoms with E-state index in [0.29, 0.717) is 0 Å². The first-order chi connectivity index (χ1) is 4.33. The first-order valence-corrected chi connectivity index (χ1v) is 3.23. The molecule has 9 heavy (non-hydrogen) atoms. The van der Waals surface area contributed by atoms with Crippen LogP contribution in [0.3, 0.4) is 0 Å². The van der Waals surface area contributed by atoms with Crippen LogP contribution in [-0.4, -0.2) is 19.0 Å². The minimum atomic E-state index is -0.0926. The number of hydrogen-bond donors (Lipinski definition) is 0. The van der Waals surface area contributed by atoms with E-state index in [-0.39, 0.29) is 12.4 Å². The van der Waals surface area contributed by atoms with Crippen molar-refractivity contribution in [1.29, 1.82) is 0 Å². The molecule has 1 rings (SSSR count). The average Bonchev–Trinajstić information content (AvgIpc) is 2.17. The lowest BCUT2D eigenvalue weighted by Gasteiger charge is -2.01. The molecule has 1 saturated heterocycles. The Labute approximate surface area is 55.5 Å². The predicted octanol–water partition coefficient (Wildman–Crippen LogP) is 1.32. The van der Waals surface area contributed by atoms with Crippen LogP contribution in [0.15, 0.2) is 12.2 Å². The quantitative estimate of drug-likeness (QED) is 0.496. The van der Waals surface area contributed by atoms with Gasteiger partial charge in [-0.25, -0.2) is 0 Å². The fourth-order valence-corrected chi connectivity index (χ4v) is 0.796. The molecule has 0 saturated carbocycles. The summed E-state index contributed by atoms with van der Waals surface area (Å²) in [5.41, 5.74) is 0. The zero-order valence-electron chi connectivity index (χ0n) is 5.83. The van der Waals surface area contributed by atoms with E-state index in [9.17, 15) is 0 Å². The van der Waals surface area contributed by atoms with Crippen LogP contribution in [-0.2, 0) is 9.47 Å². The van der Waals surface area contributed by atoms with Gasteiger partial charge in [-0.05, 0) is 19.9 Å². The smallest absolute Gasteiger partial charge is 0.177 e. The number of ether oxygens (including phenoxy) is 2. The predicted molar refractivity (Wildman–Crippen MR) is 35.1 cm³/mol. The molecule has 0 spiro atoms. The summed E-state index contributed by atoms with van der Waals surface area (Å²) < 4.78 is 10.5. The maximum absolute atomic E-state index is 5.29. The van der Waals surface area contributed by atoms with E-state index in [1.807, 2.05) is 26.0 Å². The van der Waals surface area contributed by atoms with Crippen molar-refractivity contribution in [2.75, 3.05) is 6.61 Å². The summed E-state index contributed by atoms with van der Waals surface area (Å²) in [5.74, 6) is 0. The third kappa shape index (κ3) is 1.80. The molecule has 0 aromatic rings. The summed E-state index contributed by atoms with van der Waals surface area (Å²) in [4.78, 5) is 0. The van der Waals surface area contributed by atoms with E-state index in [1.54, 1.807) is 0 Å². The maximum Gasteiger partial charge on any atom is 0.177 e. The highest BCUT2D eigenvalue weighted by atomic mass is 16.7. The number of hydrogen-bond acceptors (Lipinski definition) is 2. The fraction of sp³-hybridized carbons (Fsp3) is 0.714. The second-order valence-electron chi connectivity index (χ2n) is 2.17. The van der Waals surface area contributed by atoms with Gasteiger partial charge in [0.1, 0.15) is 0 Å². The van der Waals surface area contributed by atoms with Gasteiger partial charge in [0.15, 0.2) is 6.29 Å². The van der Waals surface area contributed by atoms with Crippen molar-refractivity contribution in [3.63, 3.8) is 0 Å². The third-order valence-corrected chi connectivity index (χ3v) is 1.21. The Bertz CT molecular complexity index is 109. The van der Waals surface area contributed by atoms with Crippen LogP contribution >= 0.6 is 0 Å². The van der Waals surface area contributed by atoms with E-state index in [2.05, 4.69) is 0 Å². The van der Waals surface area contributed by atoms with E-state index < -0.39 is 0 Å². The highest BCUT2D eigenvalue weighted by Crippen LogP contribution is 2.10. The summed E-state index contributed by atoms with van der Waals surface area (Å²) >= 11 is 0. The summed E-state index contributed by atoms with van der Waals surface area (Å²) in [6, 6.07) is 0. The van der Waals surface area contributed by atoms with Gasteiger partial charge in [-0.3, -0.25) is 0 Å². The fourth-order valence-electron chi connectivity index (χ4n) is 0.796. The molecule has 0 aromatic carbocycles. The molecule has 0 amide bonds. The van der Waals surface area contributed by atoms with Crippen molar-refractivity contribution in [3.8, 4) is 0 Å². The van der Waals surface area contributed by atoms with Crippen molar-refractivity contribution in [1.82, 2.24) is 0 Å². The highest BCUT2D eigenvalue weighted by Gasteiger charge is 2.18. The molecule has 2 atom stereocenters. The van der Waals surface area contributed by atoms with Gasteiger partial charge in [0.2, 0.25) is 0 Å². The first kappa shape index (κ1) is 6.78. The largest absolute Gasteiger partial charge is 0.346 e. The van der Waals surface area contributed by atoms with Crippen molar-refractivity contribution in [3.05, 3.63) is 12.2 Å². The van der Waals surface area contributed by atoms with Crippen LogP contribution in [0.2, 0.25) is 0 Å². The Morgan fingerprint density at radius 1 is 1.56 bits per heavy atom. The molecule has 1 unspecified atom stereocenters. The Hall–Kier alpha value is -0.340. The van der Waals surface area contributed by atoms with E-state index in [0.717, 1.165) is 6.61 Å². The van der Waals surface area contributed by atoms with E-state index in [1.165, 1.54) is 0 Å². The minimum absolute atomic E-state index is 0.0926. The lowest BCUT2D eigenvalue weighted by Crippen LogP contribution is -2.05. The molecule has 0 bridgehead atoms. The monoisotopic (exact) mass is 128 g/mol.